The molecule has 0 saturated carbocycles. The molecular weight excluding hydrogens is 326 g/mol. The summed E-state index contributed by atoms with van der Waals surface area (Å²) < 4.78 is 0. The Morgan fingerprint density at radius 3 is 2.46 bits per heavy atom. The first kappa shape index (κ1) is 18.0. The SMILES string of the molecule is CCCN(Cc1ccccc1)C(=O)Nc1ccc(N2CCCC2=O)cc1. The third-order valence-electron chi connectivity index (χ3n) is 4.50. The highest BCUT2D eigenvalue weighted by atomic mass is 16.2. The summed E-state index contributed by atoms with van der Waals surface area (Å²) >= 11 is 0. The maximum absolute atomic E-state index is 12.7. The van der Waals surface area contributed by atoms with Crippen LogP contribution in [-0.2, 0) is 11.3 Å². The molecule has 2 aromatic carbocycles. The summed E-state index contributed by atoms with van der Waals surface area (Å²) in [5, 5.41) is 2.96. The van der Waals surface area contributed by atoms with Crippen molar-refractivity contribution in [3.8, 4) is 0 Å². The fourth-order valence-electron chi connectivity index (χ4n) is 3.17. The minimum absolute atomic E-state index is 0.110. The van der Waals surface area contributed by atoms with Gasteiger partial charge in [0.1, 0.15) is 0 Å². The number of amides is 3. The van der Waals surface area contributed by atoms with Crippen molar-refractivity contribution in [2.75, 3.05) is 23.3 Å². The first-order valence-corrected chi connectivity index (χ1v) is 9.17. The van der Waals surface area contributed by atoms with Crippen LogP contribution in [0.4, 0.5) is 16.2 Å². The summed E-state index contributed by atoms with van der Waals surface area (Å²) in [7, 11) is 0. The average molecular weight is 351 g/mol. The Balaban J connectivity index is 1.64. The van der Waals surface area contributed by atoms with Crippen LogP contribution in [0, 0.1) is 0 Å². The molecule has 0 radical (unpaired) electrons. The molecule has 1 saturated heterocycles. The lowest BCUT2D eigenvalue weighted by molar-refractivity contribution is -0.117. The second-order valence-corrected chi connectivity index (χ2v) is 6.53. The van der Waals surface area contributed by atoms with Gasteiger partial charge in [-0.25, -0.2) is 4.79 Å². The molecule has 5 nitrogen and oxygen atoms in total. The standard InChI is InChI=1S/C21H25N3O2/c1-2-14-23(16-17-7-4-3-5-8-17)21(26)22-18-10-12-19(13-11-18)24-15-6-9-20(24)25/h3-5,7-8,10-13H,2,6,9,14-16H2,1H3,(H,22,26). The van der Waals surface area contributed by atoms with Crippen LogP contribution in [0.1, 0.15) is 31.7 Å². The highest BCUT2D eigenvalue weighted by Gasteiger charge is 2.21. The van der Waals surface area contributed by atoms with Gasteiger partial charge in [-0.3, -0.25) is 4.79 Å². The van der Waals surface area contributed by atoms with E-state index in [2.05, 4.69) is 12.2 Å². The molecule has 0 aliphatic carbocycles. The minimum atomic E-state index is -0.110. The molecule has 1 aliphatic rings. The van der Waals surface area contributed by atoms with Gasteiger partial charge < -0.3 is 15.1 Å². The lowest BCUT2D eigenvalue weighted by atomic mass is 10.2. The Kier molecular flexibility index (Phi) is 5.89. The second-order valence-electron chi connectivity index (χ2n) is 6.53. The van der Waals surface area contributed by atoms with Crippen molar-refractivity contribution in [2.24, 2.45) is 0 Å². The Bertz CT molecular complexity index is 744. The van der Waals surface area contributed by atoms with Crippen LogP contribution in [-0.4, -0.2) is 29.9 Å². The quantitative estimate of drug-likeness (QED) is 0.845. The van der Waals surface area contributed by atoms with E-state index in [-0.39, 0.29) is 11.9 Å². The largest absolute Gasteiger partial charge is 0.322 e. The van der Waals surface area contributed by atoms with Crippen LogP contribution in [0.25, 0.3) is 0 Å². The third kappa shape index (κ3) is 4.42. The van der Waals surface area contributed by atoms with Gasteiger partial charge in [-0.05, 0) is 42.7 Å². The number of hydrogen-bond acceptors (Lipinski definition) is 2. The zero-order valence-electron chi connectivity index (χ0n) is 15.1. The van der Waals surface area contributed by atoms with Crippen LogP contribution >= 0.6 is 0 Å². The number of benzene rings is 2. The number of nitrogens with zero attached hydrogens (tertiary/aromatic N) is 2. The normalized spacial score (nSPS) is 13.7. The molecule has 2 aromatic rings. The number of carbonyl (C=O) groups excluding carboxylic acids is 2. The highest BCUT2D eigenvalue weighted by Crippen LogP contribution is 2.23. The summed E-state index contributed by atoms with van der Waals surface area (Å²) in [6.45, 7) is 4.11. The summed E-state index contributed by atoms with van der Waals surface area (Å²) in [4.78, 5) is 28.1. The summed E-state index contributed by atoms with van der Waals surface area (Å²) in [6.07, 6.45) is 2.42. The van der Waals surface area contributed by atoms with Crippen LogP contribution in [0.2, 0.25) is 0 Å². The monoisotopic (exact) mass is 351 g/mol. The Hall–Kier alpha value is -2.82. The molecule has 0 atom stereocenters. The molecule has 3 amide bonds. The van der Waals surface area contributed by atoms with Gasteiger partial charge in [0.15, 0.2) is 0 Å². The molecule has 26 heavy (non-hydrogen) atoms. The predicted octanol–water partition coefficient (Wildman–Crippen LogP) is 4.26. The smallest absolute Gasteiger partial charge is 0.320 e. The van der Waals surface area contributed by atoms with Gasteiger partial charge in [0, 0.05) is 37.4 Å². The number of urea groups is 1. The van der Waals surface area contributed by atoms with Crippen LogP contribution in [0.3, 0.4) is 0 Å². The van der Waals surface area contributed by atoms with E-state index >= 15 is 0 Å². The predicted molar refractivity (Wildman–Crippen MR) is 104 cm³/mol. The summed E-state index contributed by atoms with van der Waals surface area (Å²) in [6, 6.07) is 17.4. The topological polar surface area (TPSA) is 52.7 Å². The lowest BCUT2D eigenvalue weighted by Gasteiger charge is -2.23. The van der Waals surface area contributed by atoms with Crippen LogP contribution in [0.15, 0.2) is 54.6 Å². The second kappa shape index (κ2) is 8.52. The Labute approximate surface area is 154 Å². The van der Waals surface area contributed by atoms with Crippen LogP contribution < -0.4 is 10.2 Å². The molecule has 0 unspecified atom stereocenters. The van der Waals surface area contributed by atoms with Gasteiger partial charge in [-0.2, -0.15) is 0 Å². The molecule has 1 heterocycles. The molecular formula is C21H25N3O2. The van der Waals surface area contributed by atoms with Crippen molar-refractivity contribution in [1.29, 1.82) is 0 Å². The molecule has 0 aromatic heterocycles. The zero-order valence-corrected chi connectivity index (χ0v) is 15.1. The van der Waals surface area contributed by atoms with Crippen molar-refractivity contribution >= 4 is 23.3 Å². The fourth-order valence-corrected chi connectivity index (χ4v) is 3.17. The van der Waals surface area contributed by atoms with E-state index in [0.717, 1.165) is 36.3 Å². The molecule has 5 heteroatoms. The number of hydrogen-bond donors (Lipinski definition) is 1. The Morgan fingerprint density at radius 2 is 1.85 bits per heavy atom. The van der Waals surface area contributed by atoms with E-state index in [0.29, 0.717) is 19.5 Å². The van der Waals surface area contributed by atoms with Crippen LogP contribution in [0.5, 0.6) is 0 Å². The van der Waals surface area contributed by atoms with E-state index in [1.165, 1.54) is 0 Å². The van der Waals surface area contributed by atoms with Crippen molar-refractivity contribution in [3.05, 3.63) is 60.2 Å². The van der Waals surface area contributed by atoms with Gasteiger partial charge in [-0.15, -0.1) is 0 Å². The van der Waals surface area contributed by atoms with E-state index in [1.807, 2.05) is 59.5 Å². The molecule has 0 bridgehead atoms. The summed E-state index contributed by atoms with van der Waals surface area (Å²) in [5.41, 5.74) is 2.73. The maximum atomic E-state index is 12.7. The lowest BCUT2D eigenvalue weighted by Crippen LogP contribution is -2.35. The van der Waals surface area contributed by atoms with Gasteiger partial charge in [0.05, 0.1) is 0 Å². The van der Waals surface area contributed by atoms with E-state index < -0.39 is 0 Å². The number of rotatable bonds is 6. The molecule has 1 N–H and O–H groups in total. The maximum Gasteiger partial charge on any atom is 0.322 e. The van der Waals surface area contributed by atoms with Gasteiger partial charge in [0.2, 0.25) is 5.91 Å². The number of carbonyl (C=O) groups is 2. The fraction of sp³-hybridized carbons (Fsp3) is 0.333. The summed E-state index contributed by atoms with van der Waals surface area (Å²) in [5.74, 6) is 0.166. The van der Waals surface area contributed by atoms with Gasteiger partial charge in [-0.1, -0.05) is 37.3 Å². The zero-order chi connectivity index (χ0) is 18.4. The molecule has 0 spiro atoms. The first-order chi connectivity index (χ1) is 12.7. The van der Waals surface area contributed by atoms with Gasteiger partial charge in [0.25, 0.3) is 0 Å². The molecule has 1 fully saturated rings. The van der Waals surface area contributed by atoms with Crippen molar-refractivity contribution in [3.63, 3.8) is 0 Å². The molecule has 136 valence electrons. The number of anilines is 2. The van der Waals surface area contributed by atoms with E-state index in [1.54, 1.807) is 4.90 Å². The van der Waals surface area contributed by atoms with E-state index in [9.17, 15) is 9.59 Å². The van der Waals surface area contributed by atoms with Gasteiger partial charge >= 0.3 is 6.03 Å². The number of nitrogens with one attached hydrogen (secondary N) is 1. The van der Waals surface area contributed by atoms with Crippen molar-refractivity contribution in [1.82, 2.24) is 4.90 Å². The third-order valence-corrected chi connectivity index (χ3v) is 4.50. The minimum Gasteiger partial charge on any atom is -0.320 e. The van der Waals surface area contributed by atoms with Crippen molar-refractivity contribution in [2.45, 2.75) is 32.7 Å². The molecule has 3 rings (SSSR count). The van der Waals surface area contributed by atoms with E-state index in [4.69, 9.17) is 0 Å². The molecule has 1 aliphatic heterocycles. The average Bonchev–Trinajstić information content (AvgIpc) is 3.09. The first-order valence-electron chi connectivity index (χ1n) is 9.17. The highest BCUT2D eigenvalue weighted by molar-refractivity contribution is 5.96. The van der Waals surface area contributed by atoms with Crippen molar-refractivity contribution < 1.29 is 9.59 Å². The Morgan fingerprint density at radius 1 is 1.12 bits per heavy atom.